The van der Waals surface area contributed by atoms with Gasteiger partial charge in [-0.2, -0.15) is 0 Å². The van der Waals surface area contributed by atoms with Gasteiger partial charge in [-0.3, -0.25) is 10.1 Å². The van der Waals surface area contributed by atoms with Crippen LogP contribution in [0.1, 0.15) is 56.8 Å². The molecule has 11 nitrogen and oxygen atoms in total. The lowest BCUT2D eigenvalue weighted by atomic mass is 9.81. The van der Waals surface area contributed by atoms with Gasteiger partial charge in [-0.1, -0.05) is 23.7 Å². The van der Waals surface area contributed by atoms with Crippen molar-refractivity contribution >= 4 is 39.3 Å². The Morgan fingerprint density at radius 1 is 1.07 bits per heavy atom. The number of carbonyl (C=O) groups excluding carboxylic acids is 1. The number of sulfonamides is 1. The first-order valence-electron chi connectivity index (χ1n) is 14.8. The first kappa shape index (κ1) is 30.8. The molecule has 42 heavy (non-hydrogen) atoms. The smallest absolute Gasteiger partial charge is 0.409 e. The van der Waals surface area contributed by atoms with Crippen LogP contribution in [0.4, 0.5) is 10.5 Å². The summed E-state index contributed by atoms with van der Waals surface area (Å²) in [6.07, 6.45) is 6.26. The lowest BCUT2D eigenvalue weighted by Gasteiger charge is -2.34. The summed E-state index contributed by atoms with van der Waals surface area (Å²) in [6, 6.07) is 6.59. The third-order valence-electron chi connectivity index (χ3n) is 9.34. The fourth-order valence-electron chi connectivity index (χ4n) is 7.08. The van der Waals surface area contributed by atoms with Crippen molar-refractivity contribution in [2.24, 2.45) is 23.7 Å². The number of aromatic amines is 1. The number of H-pyrrole nitrogens is 1. The Kier molecular flexibility index (Phi) is 9.46. The highest BCUT2D eigenvalue weighted by Gasteiger charge is 2.44. The predicted octanol–water partition coefficient (Wildman–Crippen LogP) is 4.41. The molecule has 0 unspecified atom stereocenters. The SMILES string of the molecule is CNCC1CCC(C(=O)N2C[C@@H](C3CCN(S(C)(=O)=O)CC3)C[C@H]2c2nc(-c3ccc(NC(=O)O)cc3)c(Cl)[nH]2)CC1. The summed E-state index contributed by atoms with van der Waals surface area (Å²) in [5, 5.41) is 14.9. The molecule has 2 aliphatic heterocycles. The van der Waals surface area contributed by atoms with Crippen LogP contribution in [0.5, 0.6) is 0 Å². The van der Waals surface area contributed by atoms with Crippen LogP contribution in [-0.2, 0) is 14.8 Å². The molecule has 0 radical (unpaired) electrons. The molecule has 13 heteroatoms. The van der Waals surface area contributed by atoms with E-state index in [9.17, 15) is 18.0 Å². The third-order valence-corrected chi connectivity index (χ3v) is 10.9. The fraction of sp³-hybridized carbons (Fsp3) is 0.621. The van der Waals surface area contributed by atoms with Crippen molar-refractivity contribution < 1.29 is 23.1 Å². The quantitative estimate of drug-likeness (QED) is 0.342. The highest BCUT2D eigenvalue weighted by molar-refractivity contribution is 7.88. The average Bonchev–Trinajstić information content (AvgIpc) is 3.57. The molecule has 0 spiro atoms. The number of halogens is 1. The molecule has 2 aromatic rings. The van der Waals surface area contributed by atoms with Crippen LogP contribution < -0.4 is 10.6 Å². The van der Waals surface area contributed by atoms with E-state index < -0.39 is 16.1 Å². The molecule has 2 atom stereocenters. The molecular weight excluding hydrogens is 580 g/mol. The van der Waals surface area contributed by atoms with E-state index in [4.69, 9.17) is 21.7 Å². The van der Waals surface area contributed by atoms with Crippen LogP contribution in [0, 0.1) is 23.7 Å². The number of piperidine rings is 1. The van der Waals surface area contributed by atoms with E-state index >= 15 is 0 Å². The molecule has 5 rings (SSSR count). The van der Waals surface area contributed by atoms with Crippen LogP contribution in [-0.4, -0.2) is 84.2 Å². The lowest BCUT2D eigenvalue weighted by molar-refractivity contribution is -0.138. The van der Waals surface area contributed by atoms with Crippen LogP contribution in [0.15, 0.2) is 24.3 Å². The standard InChI is InChI=1S/C29H41ClN6O5S/c1-31-16-18-3-5-21(6-4-18)28(37)36-17-22(19-11-13-35(14-12-19)42(2,40)41)15-24(36)27-33-25(26(30)34-27)20-7-9-23(10-8-20)32-29(38)39/h7-10,18-19,21-22,24,31-32H,3-6,11-17H2,1-2H3,(H,33,34)(H,38,39)/t18?,21?,22-,24-/m0/s1. The molecule has 3 aliphatic rings. The van der Waals surface area contributed by atoms with Crippen LogP contribution >= 0.6 is 11.6 Å². The molecule has 1 aromatic carbocycles. The van der Waals surface area contributed by atoms with E-state index in [2.05, 4.69) is 15.6 Å². The van der Waals surface area contributed by atoms with Crippen molar-refractivity contribution in [3.05, 3.63) is 35.2 Å². The maximum Gasteiger partial charge on any atom is 0.409 e. The summed E-state index contributed by atoms with van der Waals surface area (Å²) in [4.78, 5) is 35.1. The summed E-state index contributed by atoms with van der Waals surface area (Å²) in [5.41, 5.74) is 1.74. The van der Waals surface area contributed by atoms with E-state index in [0.29, 0.717) is 53.8 Å². The number of nitrogens with one attached hydrogen (secondary N) is 3. The van der Waals surface area contributed by atoms with Gasteiger partial charge >= 0.3 is 6.09 Å². The number of anilines is 1. The van der Waals surface area contributed by atoms with Crippen molar-refractivity contribution in [2.75, 3.05) is 44.8 Å². The normalized spacial score (nSPS) is 25.9. The van der Waals surface area contributed by atoms with E-state index in [1.165, 1.54) is 6.26 Å². The number of hydrogen-bond acceptors (Lipinski definition) is 6. The molecule has 1 saturated carbocycles. The summed E-state index contributed by atoms with van der Waals surface area (Å²) >= 11 is 6.65. The second-order valence-corrected chi connectivity index (χ2v) is 14.4. The zero-order chi connectivity index (χ0) is 30.0. The van der Waals surface area contributed by atoms with Gasteiger partial charge in [0.2, 0.25) is 15.9 Å². The number of hydrogen-bond donors (Lipinski definition) is 4. The van der Waals surface area contributed by atoms with Crippen molar-refractivity contribution in [3.8, 4) is 11.3 Å². The Morgan fingerprint density at radius 2 is 1.74 bits per heavy atom. The van der Waals surface area contributed by atoms with E-state index in [1.807, 2.05) is 11.9 Å². The molecule has 3 heterocycles. The van der Waals surface area contributed by atoms with Gasteiger partial charge in [0.1, 0.15) is 16.7 Å². The number of amides is 2. The molecule has 1 aliphatic carbocycles. The maximum absolute atomic E-state index is 14.0. The summed E-state index contributed by atoms with van der Waals surface area (Å²) in [7, 11) is -1.24. The number of carboxylic acid groups (broad SMARTS) is 1. The maximum atomic E-state index is 14.0. The molecule has 4 N–H and O–H groups in total. The summed E-state index contributed by atoms with van der Waals surface area (Å²) < 4.78 is 25.7. The molecule has 3 fully saturated rings. The van der Waals surface area contributed by atoms with Gasteiger partial charge in [0.25, 0.3) is 0 Å². The van der Waals surface area contributed by atoms with Gasteiger partial charge in [-0.25, -0.2) is 22.5 Å². The van der Waals surface area contributed by atoms with E-state index in [0.717, 1.165) is 57.1 Å². The van der Waals surface area contributed by atoms with Gasteiger partial charge < -0.3 is 20.3 Å². The fourth-order valence-corrected chi connectivity index (χ4v) is 8.20. The Bertz CT molecular complexity index is 1370. The molecule has 2 saturated heterocycles. The summed E-state index contributed by atoms with van der Waals surface area (Å²) in [6.45, 7) is 2.63. The second kappa shape index (κ2) is 12.9. The number of rotatable bonds is 8. The second-order valence-electron chi connectivity index (χ2n) is 12.1. The topological polar surface area (TPSA) is 148 Å². The number of benzene rings is 1. The molecule has 1 aromatic heterocycles. The van der Waals surface area contributed by atoms with Crippen LogP contribution in [0.2, 0.25) is 5.15 Å². The van der Waals surface area contributed by atoms with Gasteiger partial charge in [0, 0.05) is 36.8 Å². The Balaban J connectivity index is 1.36. The van der Waals surface area contributed by atoms with Crippen molar-refractivity contribution in [2.45, 2.75) is 51.0 Å². The Hall–Kier alpha value is -2.67. The van der Waals surface area contributed by atoms with E-state index in [1.54, 1.807) is 28.6 Å². The zero-order valence-corrected chi connectivity index (χ0v) is 25.8. The van der Waals surface area contributed by atoms with Gasteiger partial charge in [-0.05, 0) is 88.4 Å². The van der Waals surface area contributed by atoms with Gasteiger partial charge in [0.15, 0.2) is 0 Å². The Morgan fingerprint density at radius 3 is 2.33 bits per heavy atom. The highest BCUT2D eigenvalue weighted by atomic mass is 35.5. The highest BCUT2D eigenvalue weighted by Crippen LogP contribution is 2.44. The zero-order valence-electron chi connectivity index (χ0n) is 24.2. The monoisotopic (exact) mass is 620 g/mol. The van der Waals surface area contributed by atoms with Crippen LogP contribution in [0.3, 0.4) is 0 Å². The number of likely N-dealkylation sites (tertiary alicyclic amines) is 1. The van der Waals surface area contributed by atoms with Gasteiger partial charge in [0.05, 0.1) is 12.3 Å². The van der Waals surface area contributed by atoms with E-state index in [-0.39, 0.29) is 23.8 Å². The lowest BCUT2D eigenvalue weighted by Crippen LogP contribution is -2.41. The summed E-state index contributed by atoms with van der Waals surface area (Å²) in [5.74, 6) is 1.99. The molecule has 0 bridgehead atoms. The minimum Gasteiger partial charge on any atom is -0.465 e. The Labute approximate surface area is 252 Å². The number of imidazole rings is 1. The first-order chi connectivity index (χ1) is 20.0. The van der Waals surface area contributed by atoms with Crippen LogP contribution in [0.25, 0.3) is 11.3 Å². The largest absolute Gasteiger partial charge is 0.465 e. The minimum absolute atomic E-state index is 0.00868. The number of carbonyl (C=O) groups is 2. The van der Waals surface area contributed by atoms with Crippen molar-refractivity contribution in [1.29, 1.82) is 0 Å². The number of nitrogens with zero attached hydrogens (tertiary/aromatic N) is 3. The van der Waals surface area contributed by atoms with Crippen molar-refractivity contribution in [1.82, 2.24) is 24.5 Å². The first-order valence-corrected chi connectivity index (χ1v) is 17.0. The average molecular weight is 621 g/mol. The molecule has 2 amide bonds. The molecular formula is C29H41ClN6O5S. The number of aromatic nitrogens is 2. The van der Waals surface area contributed by atoms with Gasteiger partial charge in [-0.15, -0.1) is 0 Å². The molecule has 230 valence electrons. The third kappa shape index (κ3) is 6.93. The minimum atomic E-state index is -3.21. The predicted molar refractivity (Wildman–Crippen MR) is 162 cm³/mol. The van der Waals surface area contributed by atoms with Crippen molar-refractivity contribution in [3.63, 3.8) is 0 Å².